The molecule has 0 radical (unpaired) electrons. The predicted octanol–water partition coefficient (Wildman–Crippen LogP) is 3.53. The first-order chi connectivity index (χ1) is 15.9. The lowest BCUT2D eigenvalue weighted by Crippen LogP contribution is -2.47. The zero-order valence-corrected chi connectivity index (χ0v) is 20.0. The van der Waals surface area contributed by atoms with E-state index >= 15 is 0 Å². The Bertz CT molecular complexity index is 1020. The highest BCUT2D eigenvalue weighted by molar-refractivity contribution is 7.15. The molecule has 3 heterocycles. The van der Waals surface area contributed by atoms with Crippen LogP contribution in [0.4, 0.5) is 9.93 Å². The minimum absolute atomic E-state index is 0.301. The van der Waals surface area contributed by atoms with Gasteiger partial charge < -0.3 is 10.6 Å². The number of thiazole rings is 1. The minimum atomic E-state index is -0.886. The number of nitrogens with one attached hydrogen (secondary N) is 2. The third-order valence-corrected chi connectivity index (χ3v) is 7.20. The van der Waals surface area contributed by atoms with E-state index in [0.717, 1.165) is 54.4 Å². The van der Waals surface area contributed by atoms with Gasteiger partial charge in [0.2, 0.25) is 5.91 Å². The van der Waals surface area contributed by atoms with E-state index in [2.05, 4.69) is 32.7 Å². The summed E-state index contributed by atoms with van der Waals surface area (Å²) in [6, 6.07) is 9.87. The standard InChI is InChI=1S/C24H31N5O3S/c1-3-11-24(12-4-2)21(31)29(23(32)27-24)16-20(30)26-22-25-18-10-13-28(15-19(18)33-22)14-17-8-6-5-7-9-17/h5-9H,3-4,10-16H2,1-2H3,(H,27,32)(H,25,26,30). The minimum Gasteiger partial charge on any atom is -0.323 e. The summed E-state index contributed by atoms with van der Waals surface area (Å²) in [5.74, 6) is -0.712. The molecule has 4 rings (SSSR count). The number of nitrogens with zero attached hydrogens (tertiary/aromatic N) is 3. The zero-order valence-electron chi connectivity index (χ0n) is 19.2. The Hall–Kier alpha value is -2.78. The van der Waals surface area contributed by atoms with Crippen LogP contribution in [0.3, 0.4) is 0 Å². The van der Waals surface area contributed by atoms with Crippen molar-refractivity contribution in [2.75, 3.05) is 18.4 Å². The van der Waals surface area contributed by atoms with Gasteiger partial charge in [-0.15, -0.1) is 11.3 Å². The zero-order chi connectivity index (χ0) is 23.4. The van der Waals surface area contributed by atoms with Gasteiger partial charge in [0.25, 0.3) is 5.91 Å². The van der Waals surface area contributed by atoms with Crippen LogP contribution >= 0.6 is 11.3 Å². The third-order valence-electron chi connectivity index (χ3n) is 6.21. The molecule has 4 amide bonds. The second-order valence-corrected chi connectivity index (χ2v) is 9.87. The molecule has 0 atom stereocenters. The van der Waals surface area contributed by atoms with Crippen LogP contribution in [0.1, 0.15) is 55.7 Å². The lowest BCUT2D eigenvalue weighted by molar-refractivity contribution is -0.134. The SMILES string of the molecule is CCCC1(CCC)NC(=O)N(CC(=O)Nc2nc3c(s2)CN(Cc2ccccc2)CC3)C1=O. The molecule has 33 heavy (non-hydrogen) atoms. The van der Waals surface area contributed by atoms with Crippen molar-refractivity contribution in [3.63, 3.8) is 0 Å². The van der Waals surface area contributed by atoms with Crippen LogP contribution < -0.4 is 10.6 Å². The van der Waals surface area contributed by atoms with Crippen LogP contribution in [0.15, 0.2) is 30.3 Å². The number of benzene rings is 1. The summed E-state index contributed by atoms with van der Waals surface area (Å²) in [5, 5.41) is 6.16. The van der Waals surface area contributed by atoms with Crippen LogP contribution in [-0.2, 0) is 29.1 Å². The molecule has 176 valence electrons. The van der Waals surface area contributed by atoms with Crippen molar-refractivity contribution < 1.29 is 14.4 Å². The topological polar surface area (TPSA) is 94.6 Å². The fraction of sp³-hybridized carbons (Fsp3) is 0.500. The number of carbonyl (C=O) groups is 3. The summed E-state index contributed by atoms with van der Waals surface area (Å²) in [5.41, 5.74) is 1.40. The van der Waals surface area contributed by atoms with Crippen molar-refractivity contribution in [2.24, 2.45) is 0 Å². The summed E-state index contributed by atoms with van der Waals surface area (Å²) in [6.45, 7) is 6.25. The number of anilines is 1. The average Bonchev–Trinajstić information content (AvgIpc) is 3.28. The summed E-state index contributed by atoms with van der Waals surface area (Å²) in [7, 11) is 0. The van der Waals surface area contributed by atoms with Crippen LogP contribution in [0.25, 0.3) is 0 Å². The highest BCUT2D eigenvalue weighted by atomic mass is 32.1. The highest BCUT2D eigenvalue weighted by Gasteiger charge is 2.50. The summed E-state index contributed by atoms with van der Waals surface area (Å²) >= 11 is 1.46. The van der Waals surface area contributed by atoms with Gasteiger partial charge in [0, 0.05) is 30.9 Å². The van der Waals surface area contributed by atoms with E-state index in [1.54, 1.807) is 0 Å². The van der Waals surface area contributed by atoms with Gasteiger partial charge in [0.05, 0.1) is 5.69 Å². The lowest BCUT2D eigenvalue weighted by Gasteiger charge is -2.25. The molecule has 0 unspecified atom stereocenters. The van der Waals surface area contributed by atoms with Crippen molar-refractivity contribution in [1.82, 2.24) is 20.1 Å². The van der Waals surface area contributed by atoms with E-state index < -0.39 is 17.5 Å². The molecule has 2 N–H and O–H groups in total. The molecule has 9 heteroatoms. The fourth-order valence-electron chi connectivity index (χ4n) is 4.72. The number of carbonyl (C=O) groups excluding carboxylic acids is 3. The first kappa shape index (κ1) is 23.4. The number of hydrogen-bond donors (Lipinski definition) is 2. The van der Waals surface area contributed by atoms with Crippen LogP contribution in [0.5, 0.6) is 0 Å². The van der Waals surface area contributed by atoms with Gasteiger partial charge >= 0.3 is 6.03 Å². The summed E-state index contributed by atoms with van der Waals surface area (Å²) in [6.07, 6.45) is 3.53. The Balaban J connectivity index is 1.36. The molecular formula is C24H31N5O3S. The molecule has 8 nitrogen and oxygen atoms in total. The van der Waals surface area contributed by atoms with E-state index in [1.807, 2.05) is 32.0 Å². The Labute approximate surface area is 198 Å². The molecule has 0 bridgehead atoms. The summed E-state index contributed by atoms with van der Waals surface area (Å²) in [4.78, 5) is 47.3. The van der Waals surface area contributed by atoms with Crippen LogP contribution in [0.2, 0.25) is 0 Å². The molecule has 1 saturated heterocycles. The molecule has 0 saturated carbocycles. The average molecular weight is 470 g/mol. The fourth-order valence-corrected chi connectivity index (χ4v) is 5.78. The Morgan fingerprint density at radius 3 is 2.61 bits per heavy atom. The first-order valence-corrected chi connectivity index (χ1v) is 12.4. The second-order valence-electron chi connectivity index (χ2n) is 8.79. The van der Waals surface area contributed by atoms with Crippen molar-refractivity contribution >= 4 is 34.3 Å². The van der Waals surface area contributed by atoms with Crippen molar-refractivity contribution in [3.05, 3.63) is 46.5 Å². The second kappa shape index (κ2) is 10.0. The molecule has 2 aliphatic rings. The van der Waals surface area contributed by atoms with Crippen LogP contribution in [-0.4, -0.2) is 51.3 Å². The molecule has 1 fully saturated rings. The predicted molar refractivity (Wildman–Crippen MR) is 128 cm³/mol. The third kappa shape index (κ3) is 5.09. The summed E-state index contributed by atoms with van der Waals surface area (Å²) < 4.78 is 0. The largest absolute Gasteiger partial charge is 0.325 e. The van der Waals surface area contributed by atoms with Gasteiger partial charge in [-0.25, -0.2) is 9.78 Å². The van der Waals surface area contributed by atoms with E-state index in [1.165, 1.54) is 16.9 Å². The van der Waals surface area contributed by atoms with Crippen molar-refractivity contribution in [2.45, 2.75) is 64.6 Å². The molecule has 1 aromatic carbocycles. The number of hydrogen-bond acceptors (Lipinski definition) is 6. The molecule has 1 aromatic heterocycles. The number of amides is 4. The Morgan fingerprint density at radius 1 is 1.18 bits per heavy atom. The monoisotopic (exact) mass is 469 g/mol. The number of urea groups is 1. The van der Waals surface area contributed by atoms with Crippen LogP contribution in [0, 0.1) is 0 Å². The Morgan fingerprint density at radius 2 is 1.91 bits per heavy atom. The molecule has 0 aliphatic carbocycles. The molecule has 2 aromatic rings. The van der Waals surface area contributed by atoms with Gasteiger partial charge in [-0.1, -0.05) is 57.0 Å². The number of aromatic nitrogens is 1. The molecule has 2 aliphatic heterocycles. The first-order valence-electron chi connectivity index (χ1n) is 11.6. The van der Waals surface area contributed by atoms with Gasteiger partial charge in [0.1, 0.15) is 12.1 Å². The Kier molecular flexibility index (Phi) is 7.09. The van der Waals surface area contributed by atoms with Crippen molar-refractivity contribution in [3.8, 4) is 0 Å². The number of imide groups is 1. The maximum atomic E-state index is 13.0. The smallest absolute Gasteiger partial charge is 0.323 e. The van der Waals surface area contributed by atoms with E-state index in [4.69, 9.17) is 0 Å². The maximum Gasteiger partial charge on any atom is 0.325 e. The normalized spacial score (nSPS) is 17.7. The molecule has 0 spiro atoms. The van der Waals surface area contributed by atoms with Crippen molar-refractivity contribution in [1.29, 1.82) is 0 Å². The van der Waals surface area contributed by atoms with Gasteiger partial charge in [-0.3, -0.25) is 19.4 Å². The van der Waals surface area contributed by atoms with E-state index in [0.29, 0.717) is 18.0 Å². The number of fused-ring (bicyclic) bond motifs is 1. The highest BCUT2D eigenvalue weighted by Crippen LogP contribution is 2.30. The van der Waals surface area contributed by atoms with Gasteiger partial charge in [-0.05, 0) is 18.4 Å². The quantitative estimate of drug-likeness (QED) is 0.548. The van der Waals surface area contributed by atoms with E-state index in [-0.39, 0.29) is 12.5 Å². The van der Waals surface area contributed by atoms with Gasteiger partial charge in [-0.2, -0.15) is 0 Å². The van der Waals surface area contributed by atoms with Gasteiger partial charge in [0.15, 0.2) is 5.13 Å². The lowest BCUT2D eigenvalue weighted by atomic mass is 9.88. The van der Waals surface area contributed by atoms with E-state index in [9.17, 15) is 14.4 Å². The molecular weight excluding hydrogens is 438 g/mol. The maximum absolute atomic E-state index is 13.0. The number of rotatable bonds is 9.